The van der Waals surface area contributed by atoms with Gasteiger partial charge in [-0.25, -0.2) is 9.18 Å². The van der Waals surface area contributed by atoms with Crippen molar-refractivity contribution in [2.45, 2.75) is 34.2 Å². The number of hydrogen-bond donors (Lipinski definition) is 1. The number of rotatable bonds is 5. The third kappa shape index (κ3) is 3.32. The average molecular weight is 332 g/mol. The van der Waals surface area contributed by atoms with Crippen molar-refractivity contribution in [2.24, 2.45) is 0 Å². The van der Waals surface area contributed by atoms with Crippen molar-refractivity contribution in [1.82, 2.24) is 4.57 Å². The Labute approximate surface area is 140 Å². The van der Waals surface area contributed by atoms with E-state index in [4.69, 9.17) is 4.74 Å². The molecule has 0 radical (unpaired) electrons. The van der Waals surface area contributed by atoms with Crippen molar-refractivity contribution < 1.29 is 18.7 Å². The van der Waals surface area contributed by atoms with E-state index in [0.717, 1.165) is 0 Å². The molecule has 1 aromatic heterocycles. The summed E-state index contributed by atoms with van der Waals surface area (Å²) in [6.45, 7) is 7.97. The molecule has 0 atom stereocenters. The summed E-state index contributed by atoms with van der Waals surface area (Å²) >= 11 is 0. The molecular formula is C18H21FN2O3. The second kappa shape index (κ2) is 7.29. The minimum atomic E-state index is -0.444. The van der Waals surface area contributed by atoms with Crippen molar-refractivity contribution in [2.75, 3.05) is 11.9 Å². The number of carbonyl (C=O) groups excluding carboxylic acids is 2. The van der Waals surface area contributed by atoms with E-state index in [1.807, 2.05) is 6.92 Å². The molecule has 0 aliphatic carbocycles. The third-order valence-corrected chi connectivity index (χ3v) is 3.88. The van der Waals surface area contributed by atoms with Crippen LogP contribution in [0.2, 0.25) is 0 Å². The topological polar surface area (TPSA) is 60.3 Å². The fraction of sp³-hybridized carbons (Fsp3) is 0.333. The first-order chi connectivity index (χ1) is 11.4. The molecule has 0 spiro atoms. The predicted molar refractivity (Wildman–Crippen MR) is 89.9 cm³/mol. The molecule has 128 valence electrons. The Morgan fingerprint density at radius 1 is 1.17 bits per heavy atom. The normalized spacial score (nSPS) is 10.5. The zero-order valence-electron chi connectivity index (χ0n) is 14.3. The Kier molecular flexibility index (Phi) is 5.39. The highest BCUT2D eigenvalue weighted by Gasteiger charge is 2.26. The summed E-state index contributed by atoms with van der Waals surface area (Å²) in [6, 6.07) is 5.52. The fourth-order valence-electron chi connectivity index (χ4n) is 2.81. The molecule has 0 saturated heterocycles. The summed E-state index contributed by atoms with van der Waals surface area (Å²) in [6.07, 6.45) is 0. The highest BCUT2D eigenvalue weighted by Crippen LogP contribution is 2.24. The van der Waals surface area contributed by atoms with Crippen molar-refractivity contribution in [3.05, 3.63) is 52.6 Å². The first-order valence-corrected chi connectivity index (χ1v) is 7.84. The van der Waals surface area contributed by atoms with Gasteiger partial charge in [-0.2, -0.15) is 0 Å². The molecule has 2 aromatic rings. The number of halogens is 1. The summed E-state index contributed by atoms with van der Waals surface area (Å²) in [4.78, 5) is 24.8. The van der Waals surface area contributed by atoms with E-state index in [1.54, 1.807) is 25.3 Å². The highest BCUT2D eigenvalue weighted by atomic mass is 19.1. The van der Waals surface area contributed by atoms with Crippen molar-refractivity contribution in [3.8, 4) is 0 Å². The molecule has 6 heteroatoms. The summed E-state index contributed by atoms with van der Waals surface area (Å²) < 4.78 is 19.8. The van der Waals surface area contributed by atoms with Crippen LogP contribution in [0.5, 0.6) is 0 Å². The minimum Gasteiger partial charge on any atom is -0.461 e. The quantitative estimate of drug-likeness (QED) is 0.850. The average Bonchev–Trinajstić information content (AvgIpc) is 2.80. The molecule has 1 N–H and O–H groups in total. The molecule has 0 bridgehead atoms. The summed E-state index contributed by atoms with van der Waals surface area (Å²) in [5.41, 5.74) is 2.58. The van der Waals surface area contributed by atoms with Gasteiger partial charge < -0.3 is 14.6 Å². The summed E-state index contributed by atoms with van der Waals surface area (Å²) in [7, 11) is 0. The SMILES string of the molecule is CCOC(=O)c1c(C)c(C(=O)Nc2ccc(F)cc2)c(C)n1CC. The summed E-state index contributed by atoms with van der Waals surface area (Å²) in [5.74, 6) is -1.16. The number of carbonyl (C=O) groups is 2. The number of nitrogens with one attached hydrogen (secondary N) is 1. The molecule has 1 heterocycles. The van der Waals surface area contributed by atoms with Crippen LogP contribution >= 0.6 is 0 Å². The van der Waals surface area contributed by atoms with Gasteiger partial charge in [0.25, 0.3) is 5.91 Å². The molecule has 5 nitrogen and oxygen atoms in total. The van der Waals surface area contributed by atoms with Crippen LogP contribution in [-0.2, 0) is 11.3 Å². The van der Waals surface area contributed by atoms with Crippen LogP contribution in [0.1, 0.15) is 46.0 Å². The number of hydrogen-bond acceptors (Lipinski definition) is 3. The molecule has 0 unspecified atom stereocenters. The van der Waals surface area contributed by atoms with Crippen LogP contribution in [-0.4, -0.2) is 23.1 Å². The number of anilines is 1. The van der Waals surface area contributed by atoms with Crippen LogP contribution in [0.15, 0.2) is 24.3 Å². The first kappa shape index (κ1) is 17.7. The minimum absolute atomic E-state index is 0.267. The van der Waals surface area contributed by atoms with E-state index in [9.17, 15) is 14.0 Å². The lowest BCUT2D eigenvalue weighted by atomic mass is 10.1. The Morgan fingerprint density at radius 3 is 2.33 bits per heavy atom. The van der Waals surface area contributed by atoms with Gasteiger partial charge in [0, 0.05) is 17.9 Å². The predicted octanol–water partition coefficient (Wildman–Crippen LogP) is 3.69. The maximum atomic E-state index is 13.0. The molecule has 0 aliphatic heterocycles. The zero-order valence-corrected chi connectivity index (χ0v) is 14.3. The van der Waals surface area contributed by atoms with Crippen LogP contribution in [0.25, 0.3) is 0 Å². The van der Waals surface area contributed by atoms with E-state index < -0.39 is 5.97 Å². The second-order valence-electron chi connectivity index (χ2n) is 5.36. The lowest BCUT2D eigenvalue weighted by Gasteiger charge is -2.08. The molecule has 1 aromatic carbocycles. The molecule has 0 saturated carbocycles. The maximum Gasteiger partial charge on any atom is 0.355 e. The van der Waals surface area contributed by atoms with E-state index in [-0.39, 0.29) is 18.3 Å². The summed E-state index contributed by atoms with van der Waals surface area (Å²) in [5, 5.41) is 2.73. The Hall–Kier alpha value is -2.63. The van der Waals surface area contributed by atoms with Gasteiger partial charge in [-0.05, 0) is 57.5 Å². The Morgan fingerprint density at radius 2 is 1.79 bits per heavy atom. The van der Waals surface area contributed by atoms with Gasteiger partial charge in [-0.15, -0.1) is 0 Å². The molecule has 1 amide bonds. The van der Waals surface area contributed by atoms with Crippen LogP contribution < -0.4 is 5.32 Å². The molecule has 0 aliphatic rings. The molecule has 0 fully saturated rings. The zero-order chi connectivity index (χ0) is 17.9. The van der Waals surface area contributed by atoms with Gasteiger partial charge >= 0.3 is 5.97 Å². The van der Waals surface area contributed by atoms with E-state index in [2.05, 4.69) is 5.32 Å². The number of benzene rings is 1. The van der Waals surface area contributed by atoms with Gasteiger partial charge in [0.15, 0.2) is 0 Å². The van der Waals surface area contributed by atoms with E-state index in [0.29, 0.717) is 34.7 Å². The van der Waals surface area contributed by atoms with Gasteiger partial charge in [0.05, 0.1) is 12.2 Å². The lowest BCUT2D eigenvalue weighted by Crippen LogP contribution is -2.14. The Balaban J connectivity index is 2.40. The van der Waals surface area contributed by atoms with Gasteiger partial charge in [0.1, 0.15) is 11.5 Å². The number of ether oxygens (including phenoxy) is 1. The highest BCUT2D eigenvalue weighted by molar-refractivity contribution is 6.08. The van der Waals surface area contributed by atoms with Crippen molar-refractivity contribution in [1.29, 1.82) is 0 Å². The smallest absolute Gasteiger partial charge is 0.355 e. The monoisotopic (exact) mass is 332 g/mol. The maximum absolute atomic E-state index is 13.0. The van der Waals surface area contributed by atoms with Crippen LogP contribution in [0, 0.1) is 19.7 Å². The van der Waals surface area contributed by atoms with Crippen LogP contribution in [0.4, 0.5) is 10.1 Å². The lowest BCUT2D eigenvalue weighted by molar-refractivity contribution is 0.0512. The standard InChI is InChI=1S/C18H21FN2O3/c1-5-21-12(4)15(11(3)16(21)18(23)24-6-2)17(22)20-14-9-7-13(19)8-10-14/h7-10H,5-6H2,1-4H3,(H,20,22). The molecule has 2 rings (SSSR count). The Bertz CT molecular complexity index is 764. The largest absolute Gasteiger partial charge is 0.461 e. The number of esters is 1. The van der Waals surface area contributed by atoms with Crippen molar-refractivity contribution >= 4 is 17.6 Å². The fourth-order valence-corrected chi connectivity index (χ4v) is 2.81. The molecular weight excluding hydrogens is 311 g/mol. The van der Waals surface area contributed by atoms with Gasteiger partial charge in [-0.3, -0.25) is 4.79 Å². The number of amides is 1. The van der Waals surface area contributed by atoms with Gasteiger partial charge in [-0.1, -0.05) is 0 Å². The van der Waals surface area contributed by atoms with Crippen LogP contribution in [0.3, 0.4) is 0 Å². The third-order valence-electron chi connectivity index (χ3n) is 3.88. The first-order valence-electron chi connectivity index (χ1n) is 7.84. The molecule has 24 heavy (non-hydrogen) atoms. The number of aromatic nitrogens is 1. The van der Waals surface area contributed by atoms with E-state index >= 15 is 0 Å². The number of nitrogens with zero attached hydrogens (tertiary/aromatic N) is 1. The second-order valence-corrected chi connectivity index (χ2v) is 5.36. The van der Waals surface area contributed by atoms with Crippen molar-refractivity contribution in [3.63, 3.8) is 0 Å². The van der Waals surface area contributed by atoms with E-state index in [1.165, 1.54) is 24.3 Å². The van der Waals surface area contributed by atoms with Gasteiger partial charge in [0.2, 0.25) is 0 Å².